The molecule has 0 fully saturated rings. The predicted molar refractivity (Wildman–Crippen MR) is 119 cm³/mol. The molecule has 4 rings (SSSR count). The van der Waals surface area contributed by atoms with E-state index in [9.17, 15) is 9.59 Å². The number of benzene rings is 2. The first kappa shape index (κ1) is 19.9. The zero-order valence-corrected chi connectivity index (χ0v) is 17.8. The topological polar surface area (TPSA) is 61.8 Å². The average molecular weight is 402 g/mol. The molecule has 6 heteroatoms. The van der Waals surface area contributed by atoms with E-state index in [4.69, 9.17) is 0 Å². The number of nitrogens with zero attached hydrogens (tertiary/aromatic N) is 4. The Labute approximate surface area is 175 Å². The van der Waals surface area contributed by atoms with Crippen molar-refractivity contribution in [1.29, 1.82) is 0 Å². The maximum absolute atomic E-state index is 13.4. The zero-order chi connectivity index (χ0) is 21.4. The monoisotopic (exact) mass is 402 g/mol. The highest BCUT2D eigenvalue weighted by Crippen LogP contribution is 2.17. The maximum Gasteiger partial charge on any atom is 0.337 e. The number of aryl methyl sites for hydroxylation is 2. The first-order valence-electron chi connectivity index (χ1n) is 10.2. The number of hydrogen-bond acceptors (Lipinski definition) is 3. The summed E-state index contributed by atoms with van der Waals surface area (Å²) in [7, 11) is 0. The lowest BCUT2D eigenvalue weighted by molar-refractivity contribution is 0.489. The SMILES string of the molecule is Cc1ccc(-n2c(=O)n(CC(C)C)c(=O)c3c2ncn3Cc2ccccc2C)cc1. The Bertz CT molecular complexity index is 1320. The molecule has 30 heavy (non-hydrogen) atoms. The first-order chi connectivity index (χ1) is 14.4. The Balaban J connectivity index is 2.00. The van der Waals surface area contributed by atoms with Gasteiger partial charge in [0.15, 0.2) is 11.2 Å². The van der Waals surface area contributed by atoms with Gasteiger partial charge in [0, 0.05) is 13.1 Å². The quantitative estimate of drug-likeness (QED) is 0.512. The molecule has 0 spiro atoms. The Morgan fingerprint density at radius 3 is 2.33 bits per heavy atom. The summed E-state index contributed by atoms with van der Waals surface area (Å²) in [6.07, 6.45) is 1.66. The van der Waals surface area contributed by atoms with E-state index < -0.39 is 0 Å². The summed E-state index contributed by atoms with van der Waals surface area (Å²) < 4.78 is 4.73. The lowest BCUT2D eigenvalue weighted by Crippen LogP contribution is -2.41. The molecular weight excluding hydrogens is 376 g/mol. The Morgan fingerprint density at radius 2 is 1.67 bits per heavy atom. The summed E-state index contributed by atoms with van der Waals surface area (Å²) in [4.78, 5) is 31.2. The minimum Gasteiger partial charge on any atom is -0.320 e. The van der Waals surface area contributed by atoms with Crippen LogP contribution in [0, 0.1) is 19.8 Å². The third-order valence-electron chi connectivity index (χ3n) is 5.34. The van der Waals surface area contributed by atoms with Gasteiger partial charge < -0.3 is 4.57 Å². The molecule has 0 N–H and O–H groups in total. The molecule has 0 atom stereocenters. The van der Waals surface area contributed by atoms with Crippen LogP contribution in [0.15, 0.2) is 64.4 Å². The van der Waals surface area contributed by atoms with Crippen LogP contribution in [0.2, 0.25) is 0 Å². The summed E-state index contributed by atoms with van der Waals surface area (Å²) in [5.74, 6) is 0.159. The van der Waals surface area contributed by atoms with Gasteiger partial charge in [-0.2, -0.15) is 0 Å². The van der Waals surface area contributed by atoms with Gasteiger partial charge in [-0.15, -0.1) is 0 Å². The van der Waals surface area contributed by atoms with E-state index in [-0.39, 0.29) is 17.2 Å². The van der Waals surface area contributed by atoms with E-state index in [1.54, 1.807) is 10.9 Å². The van der Waals surface area contributed by atoms with Gasteiger partial charge >= 0.3 is 5.69 Å². The van der Waals surface area contributed by atoms with Gasteiger partial charge in [-0.25, -0.2) is 14.3 Å². The summed E-state index contributed by atoms with van der Waals surface area (Å²) in [5, 5.41) is 0. The Kier molecular flexibility index (Phi) is 5.16. The lowest BCUT2D eigenvalue weighted by Gasteiger charge is -2.14. The molecule has 0 bridgehead atoms. The van der Waals surface area contributed by atoms with E-state index in [2.05, 4.69) is 4.98 Å². The number of hydrogen-bond donors (Lipinski definition) is 0. The number of rotatable bonds is 5. The van der Waals surface area contributed by atoms with E-state index >= 15 is 0 Å². The third kappa shape index (κ3) is 3.49. The minimum atomic E-state index is -0.355. The van der Waals surface area contributed by atoms with Crippen LogP contribution in [0.1, 0.15) is 30.5 Å². The molecular formula is C24H26N4O2. The highest BCUT2D eigenvalue weighted by atomic mass is 16.2. The van der Waals surface area contributed by atoms with E-state index in [1.807, 2.05) is 80.8 Å². The van der Waals surface area contributed by atoms with Gasteiger partial charge in [-0.1, -0.05) is 55.8 Å². The second-order valence-electron chi connectivity index (χ2n) is 8.23. The smallest absolute Gasteiger partial charge is 0.320 e. The third-order valence-corrected chi connectivity index (χ3v) is 5.34. The largest absolute Gasteiger partial charge is 0.337 e. The summed E-state index contributed by atoms with van der Waals surface area (Å²) >= 11 is 0. The van der Waals surface area contributed by atoms with Crippen molar-refractivity contribution < 1.29 is 0 Å². The highest BCUT2D eigenvalue weighted by molar-refractivity contribution is 5.72. The molecule has 0 unspecified atom stereocenters. The summed E-state index contributed by atoms with van der Waals surface area (Å²) in [6, 6.07) is 15.8. The normalized spacial score (nSPS) is 11.5. The fraction of sp³-hybridized carbons (Fsp3) is 0.292. The van der Waals surface area contributed by atoms with Gasteiger partial charge in [-0.3, -0.25) is 9.36 Å². The van der Waals surface area contributed by atoms with Crippen LogP contribution in [0.5, 0.6) is 0 Å². The summed E-state index contributed by atoms with van der Waals surface area (Å²) in [6.45, 7) is 8.92. The molecule has 2 heterocycles. The van der Waals surface area contributed by atoms with Crippen LogP contribution < -0.4 is 11.2 Å². The lowest BCUT2D eigenvalue weighted by atomic mass is 10.1. The molecule has 2 aromatic heterocycles. The van der Waals surface area contributed by atoms with Crippen molar-refractivity contribution in [3.8, 4) is 5.69 Å². The van der Waals surface area contributed by atoms with Crippen LogP contribution in [0.3, 0.4) is 0 Å². The Morgan fingerprint density at radius 1 is 0.967 bits per heavy atom. The van der Waals surface area contributed by atoms with E-state index in [0.29, 0.717) is 29.9 Å². The molecule has 0 saturated heterocycles. The minimum absolute atomic E-state index is 0.159. The molecule has 6 nitrogen and oxygen atoms in total. The molecule has 4 aromatic rings. The molecule has 0 aliphatic heterocycles. The maximum atomic E-state index is 13.4. The van der Waals surface area contributed by atoms with Gasteiger partial charge in [0.05, 0.1) is 12.0 Å². The van der Waals surface area contributed by atoms with Crippen LogP contribution in [0.4, 0.5) is 0 Å². The van der Waals surface area contributed by atoms with Crippen LogP contribution >= 0.6 is 0 Å². The summed E-state index contributed by atoms with van der Waals surface area (Å²) in [5.41, 5.74) is 4.25. The van der Waals surface area contributed by atoms with Gasteiger partial charge in [0.1, 0.15) is 0 Å². The number of fused-ring (bicyclic) bond motifs is 1. The van der Waals surface area contributed by atoms with E-state index in [1.165, 1.54) is 4.57 Å². The standard InChI is InChI=1S/C24H26N4O2/c1-16(2)13-27-23(29)21-22(28(24(27)30)20-11-9-17(3)10-12-20)25-15-26(21)14-19-8-6-5-7-18(19)4/h5-12,15-16H,13-14H2,1-4H3. The highest BCUT2D eigenvalue weighted by Gasteiger charge is 2.20. The van der Waals surface area contributed by atoms with Crippen molar-refractivity contribution in [2.24, 2.45) is 5.92 Å². The van der Waals surface area contributed by atoms with Gasteiger partial charge in [0.25, 0.3) is 5.56 Å². The molecule has 2 aromatic carbocycles. The zero-order valence-electron chi connectivity index (χ0n) is 17.8. The molecule has 154 valence electrons. The molecule has 0 radical (unpaired) electrons. The van der Waals surface area contributed by atoms with Crippen LogP contribution in [0.25, 0.3) is 16.9 Å². The van der Waals surface area contributed by atoms with Crippen LogP contribution in [-0.4, -0.2) is 18.7 Å². The van der Waals surface area contributed by atoms with Gasteiger partial charge in [-0.05, 0) is 43.0 Å². The van der Waals surface area contributed by atoms with Crippen molar-refractivity contribution in [3.63, 3.8) is 0 Å². The molecule has 0 saturated carbocycles. The van der Waals surface area contributed by atoms with Crippen molar-refractivity contribution in [2.75, 3.05) is 0 Å². The fourth-order valence-corrected chi connectivity index (χ4v) is 3.72. The van der Waals surface area contributed by atoms with Crippen molar-refractivity contribution in [2.45, 2.75) is 40.8 Å². The predicted octanol–water partition coefficient (Wildman–Crippen LogP) is 3.67. The Hall–Kier alpha value is -3.41. The molecule has 0 aliphatic rings. The van der Waals surface area contributed by atoms with Crippen molar-refractivity contribution in [1.82, 2.24) is 18.7 Å². The van der Waals surface area contributed by atoms with Crippen molar-refractivity contribution in [3.05, 3.63) is 92.4 Å². The van der Waals surface area contributed by atoms with E-state index in [0.717, 1.165) is 16.7 Å². The molecule has 0 amide bonds. The number of aromatic nitrogens is 4. The van der Waals surface area contributed by atoms with Crippen molar-refractivity contribution >= 4 is 11.2 Å². The first-order valence-corrected chi connectivity index (χ1v) is 10.2. The second-order valence-corrected chi connectivity index (χ2v) is 8.23. The van der Waals surface area contributed by atoms with Crippen LogP contribution in [-0.2, 0) is 13.1 Å². The average Bonchev–Trinajstić information content (AvgIpc) is 3.12. The fourth-order valence-electron chi connectivity index (χ4n) is 3.72. The van der Waals surface area contributed by atoms with Gasteiger partial charge in [0.2, 0.25) is 0 Å². The molecule has 0 aliphatic carbocycles. The number of imidazole rings is 1. The second kappa shape index (κ2) is 7.78.